The van der Waals surface area contributed by atoms with Crippen molar-refractivity contribution in [2.45, 2.75) is 12.6 Å². The average Bonchev–Trinajstić information content (AvgIpc) is 2.83. The summed E-state index contributed by atoms with van der Waals surface area (Å²) in [5.74, 6) is -1.17. The van der Waals surface area contributed by atoms with Crippen molar-refractivity contribution in [3.8, 4) is 0 Å². The second-order valence-corrected chi connectivity index (χ2v) is 5.91. The monoisotopic (exact) mass is 371 g/mol. The number of carboxylic acids is 1. The Kier molecular flexibility index (Phi) is 4.20. The van der Waals surface area contributed by atoms with Crippen molar-refractivity contribution in [2.24, 2.45) is 0 Å². The van der Waals surface area contributed by atoms with E-state index < -0.39 is 17.7 Å². The molecule has 2 aromatic carbocycles. The molecule has 1 N–H and O–H groups in total. The Balaban J connectivity index is 2.07. The average molecular weight is 372 g/mol. The van der Waals surface area contributed by atoms with E-state index in [0.29, 0.717) is 5.39 Å². The molecule has 0 unspecified atom stereocenters. The Morgan fingerprint density at radius 1 is 1.12 bits per heavy atom. The first kappa shape index (κ1) is 17.3. The molecule has 0 atom stereocenters. The number of rotatable bonds is 3. The Labute approximate surface area is 144 Å². The molecule has 1 aromatic heterocycles. The predicted octanol–water partition coefficient (Wildman–Crippen LogP) is 5.34. The zero-order valence-corrected chi connectivity index (χ0v) is 13.2. The van der Waals surface area contributed by atoms with Gasteiger partial charge in [-0.3, -0.25) is 0 Å². The van der Waals surface area contributed by atoms with Crippen LogP contribution in [0.2, 0.25) is 5.02 Å². The second kappa shape index (κ2) is 6.07. The molecule has 1 heterocycles. The number of benzene rings is 2. The smallest absolute Gasteiger partial charge is 0.416 e. The highest BCUT2D eigenvalue weighted by Crippen LogP contribution is 2.35. The van der Waals surface area contributed by atoms with Gasteiger partial charge in [-0.05, 0) is 42.0 Å². The molecule has 3 rings (SSSR count). The number of fused-ring (bicyclic) bond motifs is 1. The Morgan fingerprint density at radius 3 is 2.48 bits per heavy atom. The molecule has 0 aliphatic carbocycles. The molecule has 0 radical (unpaired) electrons. The number of hydrogen-bond acceptors (Lipinski definition) is 1. The Bertz CT molecular complexity index is 979. The SMILES string of the molecule is O=C(O)c1ccc2c(c1)cc(Cc1ccc(Cl)cc1C(F)(F)F)n2F. The number of carbonyl (C=O) groups is 1. The summed E-state index contributed by atoms with van der Waals surface area (Å²) in [4.78, 5) is 11.2. The minimum atomic E-state index is -4.62. The van der Waals surface area contributed by atoms with Crippen molar-refractivity contribution in [1.29, 1.82) is 0 Å². The first-order valence-electron chi connectivity index (χ1n) is 7.06. The van der Waals surface area contributed by atoms with Gasteiger partial charge in [-0.2, -0.15) is 18.0 Å². The van der Waals surface area contributed by atoms with Gasteiger partial charge < -0.3 is 5.11 Å². The maximum absolute atomic E-state index is 14.4. The molecule has 0 aliphatic rings. The standard InChI is InChI=1S/C17H10ClF4NO2/c18-12-3-1-9(14(8-12)17(19,20)21)6-13-7-11-5-10(16(24)25)2-4-15(11)23(13)22/h1-5,7-8H,6H2,(H,24,25). The first-order valence-corrected chi connectivity index (χ1v) is 7.44. The highest BCUT2D eigenvalue weighted by molar-refractivity contribution is 6.30. The van der Waals surface area contributed by atoms with E-state index in [2.05, 4.69) is 0 Å². The lowest BCUT2D eigenvalue weighted by Gasteiger charge is -2.13. The van der Waals surface area contributed by atoms with Crippen LogP contribution in [-0.4, -0.2) is 15.9 Å². The molecule has 0 aliphatic heterocycles. The van der Waals surface area contributed by atoms with Gasteiger partial charge in [0.2, 0.25) is 0 Å². The third-order valence-corrected chi connectivity index (χ3v) is 4.04. The molecule has 0 bridgehead atoms. The van der Waals surface area contributed by atoms with Crippen LogP contribution in [0.1, 0.15) is 27.2 Å². The number of aromatic carboxylic acids is 1. The molecule has 0 fully saturated rings. The lowest BCUT2D eigenvalue weighted by atomic mass is 10.0. The van der Waals surface area contributed by atoms with Crippen LogP contribution in [0.25, 0.3) is 10.9 Å². The van der Waals surface area contributed by atoms with Crippen LogP contribution in [0.3, 0.4) is 0 Å². The van der Waals surface area contributed by atoms with E-state index in [1.54, 1.807) is 0 Å². The molecular weight excluding hydrogens is 362 g/mol. The van der Waals surface area contributed by atoms with Gasteiger partial charge in [-0.25, -0.2) is 4.79 Å². The molecule has 0 amide bonds. The summed E-state index contributed by atoms with van der Waals surface area (Å²) in [6.45, 7) is 0. The minimum Gasteiger partial charge on any atom is -0.478 e. The van der Waals surface area contributed by atoms with E-state index in [0.717, 1.165) is 6.07 Å². The lowest BCUT2D eigenvalue weighted by Crippen LogP contribution is -2.10. The lowest BCUT2D eigenvalue weighted by molar-refractivity contribution is -0.138. The van der Waals surface area contributed by atoms with Gasteiger partial charge in [-0.15, -0.1) is 0 Å². The fourth-order valence-corrected chi connectivity index (χ4v) is 2.83. The summed E-state index contributed by atoms with van der Waals surface area (Å²) in [6, 6.07) is 8.40. The molecule has 0 saturated carbocycles. The van der Waals surface area contributed by atoms with E-state index in [1.807, 2.05) is 0 Å². The fraction of sp³-hybridized carbons (Fsp3) is 0.118. The summed E-state index contributed by atoms with van der Waals surface area (Å²) in [7, 11) is 0. The van der Waals surface area contributed by atoms with Crippen molar-refractivity contribution in [3.05, 3.63) is 69.9 Å². The number of aromatic nitrogens is 1. The van der Waals surface area contributed by atoms with Gasteiger partial charge >= 0.3 is 12.1 Å². The molecule has 3 nitrogen and oxygen atoms in total. The third kappa shape index (κ3) is 3.32. The first-order chi connectivity index (χ1) is 11.7. The van der Waals surface area contributed by atoms with Crippen LogP contribution >= 0.6 is 11.6 Å². The van der Waals surface area contributed by atoms with Gasteiger partial charge in [0.1, 0.15) is 0 Å². The van der Waals surface area contributed by atoms with E-state index >= 15 is 0 Å². The van der Waals surface area contributed by atoms with Crippen LogP contribution < -0.4 is 0 Å². The van der Waals surface area contributed by atoms with Crippen LogP contribution in [-0.2, 0) is 12.6 Å². The van der Waals surface area contributed by atoms with Gasteiger partial charge in [0.25, 0.3) is 0 Å². The molecule has 8 heteroatoms. The number of hydrogen-bond donors (Lipinski definition) is 1. The zero-order valence-electron chi connectivity index (χ0n) is 12.4. The highest BCUT2D eigenvalue weighted by Gasteiger charge is 2.33. The molecular formula is C17H10ClF4NO2. The van der Waals surface area contributed by atoms with Crippen molar-refractivity contribution < 1.29 is 27.6 Å². The maximum Gasteiger partial charge on any atom is 0.416 e. The predicted molar refractivity (Wildman–Crippen MR) is 84.7 cm³/mol. The topological polar surface area (TPSA) is 42.2 Å². The fourth-order valence-electron chi connectivity index (χ4n) is 2.66. The van der Waals surface area contributed by atoms with E-state index in [4.69, 9.17) is 16.7 Å². The molecule has 0 spiro atoms. The van der Waals surface area contributed by atoms with Crippen LogP contribution in [0.5, 0.6) is 0 Å². The second-order valence-electron chi connectivity index (χ2n) is 5.47. The van der Waals surface area contributed by atoms with Crippen molar-refractivity contribution in [1.82, 2.24) is 4.79 Å². The van der Waals surface area contributed by atoms with Crippen molar-refractivity contribution >= 4 is 28.5 Å². The van der Waals surface area contributed by atoms with Gasteiger partial charge in [0.05, 0.1) is 22.3 Å². The van der Waals surface area contributed by atoms with Crippen molar-refractivity contribution in [3.63, 3.8) is 0 Å². The maximum atomic E-state index is 14.4. The van der Waals surface area contributed by atoms with Crippen LogP contribution in [0.15, 0.2) is 42.5 Å². The third-order valence-electron chi connectivity index (χ3n) is 3.81. The summed E-state index contributed by atoms with van der Waals surface area (Å²) in [5, 5.41) is 9.19. The minimum absolute atomic E-state index is 0.0228. The van der Waals surface area contributed by atoms with Crippen molar-refractivity contribution in [2.75, 3.05) is 0 Å². The molecule has 130 valence electrons. The Hall–Kier alpha value is -2.54. The number of halogens is 5. The van der Waals surface area contributed by atoms with Crippen LogP contribution in [0, 0.1) is 0 Å². The van der Waals surface area contributed by atoms with E-state index in [1.165, 1.54) is 36.4 Å². The Morgan fingerprint density at radius 2 is 1.84 bits per heavy atom. The van der Waals surface area contributed by atoms with Gasteiger partial charge in [0.15, 0.2) is 0 Å². The van der Waals surface area contributed by atoms with E-state index in [-0.39, 0.29) is 38.6 Å². The van der Waals surface area contributed by atoms with Gasteiger partial charge in [-0.1, -0.05) is 22.1 Å². The molecule has 3 aromatic rings. The highest BCUT2D eigenvalue weighted by atomic mass is 35.5. The quantitative estimate of drug-likeness (QED) is 0.632. The number of nitrogens with zero attached hydrogens (tertiary/aromatic N) is 1. The van der Waals surface area contributed by atoms with Gasteiger partial charge in [0, 0.05) is 16.8 Å². The normalized spacial score (nSPS) is 11.9. The molecule has 25 heavy (non-hydrogen) atoms. The summed E-state index contributed by atoms with van der Waals surface area (Å²) in [6.07, 6.45) is -4.94. The van der Waals surface area contributed by atoms with Crippen LogP contribution in [0.4, 0.5) is 17.7 Å². The molecule has 0 saturated heterocycles. The zero-order chi connectivity index (χ0) is 18.4. The summed E-state index contributed by atoms with van der Waals surface area (Å²) in [5.41, 5.74) is -1.03. The number of carboxylic acid groups (broad SMARTS) is 1. The largest absolute Gasteiger partial charge is 0.478 e. The summed E-state index contributed by atoms with van der Waals surface area (Å²) < 4.78 is 53.9. The number of alkyl halides is 3. The summed E-state index contributed by atoms with van der Waals surface area (Å²) >= 11 is 5.63. The van der Waals surface area contributed by atoms with E-state index in [9.17, 15) is 22.4 Å².